The van der Waals surface area contributed by atoms with Crippen LogP contribution in [0.25, 0.3) is 5.70 Å². The molecule has 144 valence electrons. The van der Waals surface area contributed by atoms with Crippen molar-refractivity contribution < 1.29 is 13.2 Å². The number of methoxy groups -OCH3 is 1. The van der Waals surface area contributed by atoms with Crippen LogP contribution in [0.15, 0.2) is 46.7 Å². The van der Waals surface area contributed by atoms with Crippen LogP contribution in [0, 0.1) is 0 Å². The molecule has 0 radical (unpaired) electrons. The van der Waals surface area contributed by atoms with Gasteiger partial charge in [0.05, 0.1) is 17.0 Å². The first-order valence-corrected chi connectivity index (χ1v) is 11.8. The molecule has 0 saturated heterocycles. The van der Waals surface area contributed by atoms with Crippen molar-refractivity contribution in [3.63, 3.8) is 0 Å². The van der Waals surface area contributed by atoms with E-state index in [1.807, 2.05) is 18.2 Å². The Balaban J connectivity index is 1.96. The number of rotatable bonds is 6. The topological polar surface area (TPSA) is 46.6 Å². The van der Waals surface area contributed by atoms with E-state index < -0.39 is 9.84 Å². The number of fused-ring (bicyclic) bond motifs is 1. The fraction of sp³-hybridized carbons (Fsp3) is 0.300. The van der Waals surface area contributed by atoms with E-state index in [4.69, 9.17) is 16.3 Å². The van der Waals surface area contributed by atoms with Gasteiger partial charge in [-0.15, -0.1) is 11.8 Å². The summed E-state index contributed by atoms with van der Waals surface area (Å²) >= 11 is 7.93. The fourth-order valence-corrected chi connectivity index (χ4v) is 4.88. The predicted molar refractivity (Wildman–Crippen MR) is 112 cm³/mol. The molecule has 0 fully saturated rings. The summed E-state index contributed by atoms with van der Waals surface area (Å²) in [6.07, 6.45) is 1.22. The third-order valence-electron chi connectivity index (χ3n) is 4.57. The van der Waals surface area contributed by atoms with Crippen molar-refractivity contribution in [2.45, 2.75) is 29.8 Å². The highest BCUT2D eigenvalue weighted by Crippen LogP contribution is 2.38. The van der Waals surface area contributed by atoms with Crippen molar-refractivity contribution in [3.05, 3.63) is 58.6 Å². The average molecular weight is 424 g/mol. The number of benzene rings is 2. The zero-order chi connectivity index (χ0) is 19.8. The SMILES string of the molecule is C=C(c1cc(S(C)(=O)=O)ccc1SCC)N1Cc2cc(Cl)c(OC)cc2C1. The summed E-state index contributed by atoms with van der Waals surface area (Å²) in [5, 5.41) is 0.588. The van der Waals surface area contributed by atoms with Crippen LogP contribution in [0.2, 0.25) is 5.02 Å². The molecule has 2 aromatic carbocycles. The smallest absolute Gasteiger partial charge is 0.175 e. The van der Waals surface area contributed by atoms with Gasteiger partial charge in [0.25, 0.3) is 0 Å². The molecule has 0 bridgehead atoms. The number of thioether (sulfide) groups is 1. The lowest BCUT2D eigenvalue weighted by atomic mass is 10.1. The minimum atomic E-state index is -3.29. The van der Waals surface area contributed by atoms with Crippen LogP contribution in [0.4, 0.5) is 0 Å². The number of sulfone groups is 1. The van der Waals surface area contributed by atoms with Gasteiger partial charge in [-0.25, -0.2) is 8.42 Å². The lowest BCUT2D eigenvalue weighted by Crippen LogP contribution is -2.15. The van der Waals surface area contributed by atoms with Gasteiger partial charge >= 0.3 is 0 Å². The second-order valence-corrected chi connectivity index (χ2v) is 10.2. The molecule has 27 heavy (non-hydrogen) atoms. The number of hydrogen-bond donors (Lipinski definition) is 0. The van der Waals surface area contributed by atoms with Gasteiger partial charge in [0.2, 0.25) is 0 Å². The molecule has 0 atom stereocenters. The molecule has 0 aromatic heterocycles. The molecule has 0 spiro atoms. The van der Waals surface area contributed by atoms with Crippen molar-refractivity contribution in [2.75, 3.05) is 19.1 Å². The van der Waals surface area contributed by atoms with Crippen molar-refractivity contribution in [1.82, 2.24) is 4.90 Å². The molecule has 0 saturated carbocycles. The van der Waals surface area contributed by atoms with Crippen LogP contribution < -0.4 is 4.74 Å². The molecular formula is C20H22ClNO3S2. The Morgan fingerprint density at radius 2 is 1.93 bits per heavy atom. The molecule has 7 heteroatoms. The van der Waals surface area contributed by atoms with Crippen LogP contribution in [-0.4, -0.2) is 32.4 Å². The first kappa shape index (κ1) is 20.1. The van der Waals surface area contributed by atoms with Crippen molar-refractivity contribution in [1.29, 1.82) is 0 Å². The standard InChI is InChI=1S/C20H22ClNO3S2/c1-5-26-20-7-6-16(27(4,23)24)10-17(20)13(2)22-11-14-8-18(21)19(25-3)9-15(14)12-22/h6-10H,2,5,11-12H2,1,3-4H3. The number of ether oxygens (including phenoxy) is 1. The average Bonchev–Trinajstić information content (AvgIpc) is 3.02. The quantitative estimate of drug-likeness (QED) is 0.621. The Morgan fingerprint density at radius 1 is 1.26 bits per heavy atom. The summed E-state index contributed by atoms with van der Waals surface area (Å²) in [4.78, 5) is 3.48. The Morgan fingerprint density at radius 3 is 2.52 bits per heavy atom. The summed E-state index contributed by atoms with van der Waals surface area (Å²) < 4.78 is 29.3. The highest BCUT2D eigenvalue weighted by Gasteiger charge is 2.24. The van der Waals surface area contributed by atoms with Gasteiger partial charge in [-0.1, -0.05) is 25.1 Å². The zero-order valence-corrected chi connectivity index (χ0v) is 18.0. The Bertz CT molecular complexity index is 1000. The van der Waals surface area contributed by atoms with E-state index in [1.54, 1.807) is 31.0 Å². The second kappa shape index (κ2) is 7.78. The maximum absolute atomic E-state index is 12.0. The summed E-state index contributed by atoms with van der Waals surface area (Å²) in [6.45, 7) is 7.71. The van der Waals surface area contributed by atoms with Gasteiger partial charge in [-0.3, -0.25) is 0 Å². The number of halogens is 1. The Labute approximate surface area is 170 Å². The van der Waals surface area contributed by atoms with E-state index in [1.165, 1.54) is 6.26 Å². The first-order valence-electron chi connectivity index (χ1n) is 8.51. The van der Waals surface area contributed by atoms with Crippen molar-refractivity contribution in [2.24, 2.45) is 0 Å². The van der Waals surface area contributed by atoms with E-state index in [9.17, 15) is 8.42 Å². The van der Waals surface area contributed by atoms with E-state index in [-0.39, 0.29) is 0 Å². The van der Waals surface area contributed by atoms with E-state index in [0.717, 1.165) is 33.0 Å². The van der Waals surface area contributed by atoms with E-state index in [0.29, 0.717) is 28.8 Å². The molecule has 0 N–H and O–H groups in total. The van der Waals surface area contributed by atoms with E-state index >= 15 is 0 Å². The second-order valence-electron chi connectivity index (χ2n) is 6.42. The molecule has 0 amide bonds. The van der Waals surface area contributed by atoms with Crippen LogP contribution in [0.1, 0.15) is 23.6 Å². The molecule has 4 nitrogen and oxygen atoms in total. The maximum atomic E-state index is 12.0. The minimum Gasteiger partial charge on any atom is -0.495 e. The Kier molecular flexibility index (Phi) is 5.79. The zero-order valence-electron chi connectivity index (χ0n) is 15.6. The largest absolute Gasteiger partial charge is 0.495 e. The lowest BCUT2D eigenvalue weighted by molar-refractivity contribution is 0.412. The summed E-state index contributed by atoms with van der Waals surface area (Å²) in [5.74, 6) is 1.55. The normalized spacial score (nSPS) is 13.6. The summed E-state index contributed by atoms with van der Waals surface area (Å²) in [6, 6.07) is 9.14. The minimum absolute atomic E-state index is 0.306. The summed E-state index contributed by atoms with van der Waals surface area (Å²) in [7, 11) is -1.68. The molecule has 3 rings (SSSR count). The number of nitrogens with zero attached hydrogens (tertiary/aromatic N) is 1. The molecular weight excluding hydrogens is 402 g/mol. The van der Waals surface area contributed by atoms with Gasteiger partial charge in [0.15, 0.2) is 9.84 Å². The third kappa shape index (κ3) is 4.13. The predicted octanol–water partition coefficient (Wildman–Crippen LogP) is 4.85. The molecule has 0 aliphatic carbocycles. The van der Waals surface area contributed by atoms with Crippen LogP contribution in [0.3, 0.4) is 0 Å². The third-order valence-corrected chi connectivity index (χ3v) is 6.93. The first-order chi connectivity index (χ1) is 12.7. The van der Waals surface area contributed by atoms with Gasteiger partial charge < -0.3 is 9.64 Å². The van der Waals surface area contributed by atoms with Gasteiger partial charge in [-0.2, -0.15) is 0 Å². The molecule has 1 aliphatic rings. The fourth-order valence-electron chi connectivity index (χ4n) is 3.16. The Hall–Kier alpha value is -1.63. The summed E-state index contributed by atoms with van der Waals surface area (Å²) in [5.41, 5.74) is 3.94. The van der Waals surface area contributed by atoms with Crippen LogP contribution >= 0.6 is 23.4 Å². The molecule has 2 aromatic rings. The highest BCUT2D eigenvalue weighted by atomic mass is 35.5. The van der Waals surface area contributed by atoms with Gasteiger partial charge in [0.1, 0.15) is 5.75 Å². The van der Waals surface area contributed by atoms with Crippen LogP contribution in [0.5, 0.6) is 5.75 Å². The maximum Gasteiger partial charge on any atom is 0.175 e. The molecule has 0 unspecified atom stereocenters. The van der Waals surface area contributed by atoms with Gasteiger partial charge in [0, 0.05) is 35.5 Å². The van der Waals surface area contributed by atoms with Gasteiger partial charge in [-0.05, 0) is 47.2 Å². The highest BCUT2D eigenvalue weighted by molar-refractivity contribution is 7.99. The van der Waals surface area contributed by atoms with Crippen molar-refractivity contribution >= 4 is 38.9 Å². The lowest BCUT2D eigenvalue weighted by Gasteiger charge is -2.23. The molecule has 1 heterocycles. The number of hydrogen-bond acceptors (Lipinski definition) is 5. The van der Waals surface area contributed by atoms with Crippen molar-refractivity contribution in [3.8, 4) is 5.75 Å². The molecule has 1 aliphatic heterocycles. The van der Waals surface area contributed by atoms with E-state index in [2.05, 4.69) is 18.4 Å². The monoisotopic (exact) mass is 423 g/mol. The van der Waals surface area contributed by atoms with Crippen LogP contribution in [-0.2, 0) is 22.9 Å².